The highest BCUT2D eigenvalue weighted by Crippen LogP contribution is 2.17. The van der Waals surface area contributed by atoms with Gasteiger partial charge in [-0.15, -0.1) is 0 Å². The van der Waals surface area contributed by atoms with Gasteiger partial charge in [0.25, 0.3) is 0 Å². The average molecular weight is 211 g/mol. The highest BCUT2D eigenvalue weighted by atomic mass is 35.5. The first-order valence-electron chi connectivity index (χ1n) is 4.96. The molecule has 0 radical (unpaired) electrons. The van der Waals surface area contributed by atoms with Gasteiger partial charge in [-0.2, -0.15) is 0 Å². The summed E-state index contributed by atoms with van der Waals surface area (Å²) in [4.78, 5) is 2.26. The molecule has 1 aromatic rings. The van der Waals surface area contributed by atoms with E-state index in [-0.39, 0.29) is 0 Å². The smallest absolute Gasteiger partial charge is 0.0407 e. The molecule has 1 N–H and O–H groups in total. The third kappa shape index (κ3) is 2.20. The Bertz CT molecular complexity index is 293. The molecule has 1 fully saturated rings. The zero-order chi connectivity index (χ0) is 9.97. The summed E-state index contributed by atoms with van der Waals surface area (Å²) in [5.41, 5.74) is 1.23. The minimum absolute atomic E-state index is 0.663. The van der Waals surface area contributed by atoms with Crippen LogP contribution in [-0.4, -0.2) is 26.2 Å². The van der Waals surface area contributed by atoms with Crippen LogP contribution < -0.4 is 10.2 Å². The van der Waals surface area contributed by atoms with Crippen LogP contribution in [-0.2, 0) is 0 Å². The highest BCUT2D eigenvalue weighted by Gasteiger charge is 2.17. The fraction of sp³-hybridized carbons (Fsp3) is 0.455. The molecule has 2 nitrogen and oxygen atoms in total. The number of hydrogen-bond donors (Lipinski definition) is 1. The molecule has 1 atom stereocenters. The second kappa shape index (κ2) is 4.20. The van der Waals surface area contributed by atoms with Crippen LogP contribution in [0.4, 0.5) is 5.69 Å². The number of hydrogen-bond acceptors (Lipinski definition) is 2. The van der Waals surface area contributed by atoms with E-state index in [0.717, 1.165) is 11.6 Å². The van der Waals surface area contributed by atoms with E-state index in [9.17, 15) is 0 Å². The number of benzene rings is 1. The lowest BCUT2D eigenvalue weighted by atomic mass is 10.1. The molecule has 3 heteroatoms. The normalized spacial score (nSPS) is 20.3. The van der Waals surface area contributed by atoms with Gasteiger partial charge >= 0.3 is 0 Å². The monoisotopic (exact) mass is 210 g/mol. The molecule has 0 bridgehead atoms. The second-order valence-electron chi connectivity index (χ2n) is 3.80. The van der Waals surface area contributed by atoms with E-state index < -0.39 is 0 Å². The summed E-state index contributed by atoms with van der Waals surface area (Å²) in [7, 11) is 2.11. The average Bonchev–Trinajstić information content (AvgIpc) is 2.12. The summed E-state index contributed by atoms with van der Waals surface area (Å²) in [6, 6.07) is 8.64. The number of likely N-dealkylation sites (N-methyl/N-ethyl adjacent to an activating group) is 1. The van der Waals surface area contributed by atoms with E-state index in [1.165, 1.54) is 18.7 Å². The first-order chi connectivity index (χ1) is 6.75. The molecule has 0 aliphatic carbocycles. The Morgan fingerprint density at radius 3 is 2.57 bits per heavy atom. The lowest BCUT2D eigenvalue weighted by molar-refractivity contribution is 0.374. The minimum atomic E-state index is 0.663. The molecule has 1 heterocycles. The van der Waals surface area contributed by atoms with Crippen LogP contribution in [0.5, 0.6) is 0 Å². The van der Waals surface area contributed by atoms with Crippen molar-refractivity contribution in [2.24, 2.45) is 0 Å². The zero-order valence-corrected chi connectivity index (χ0v) is 9.09. The molecule has 0 aromatic heterocycles. The van der Waals surface area contributed by atoms with Gasteiger partial charge in [0.1, 0.15) is 0 Å². The molecule has 14 heavy (non-hydrogen) atoms. The highest BCUT2D eigenvalue weighted by molar-refractivity contribution is 6.30. The Labute approximate surface area is 89.9 Å². The van der Waals surface area contributed by atoms with Gasteiger partial charge in [-0.1, -0.05) is 11.6 Å². The Morgan fingerprint density at radius 2 is 2.07 bits per heavy atom. The van der Waals surface area contributed by atoms with E-state index in [1.54, 1.807) is 0 Å². The van der Waals surface area contributed by atoms with Gasteiger partial charge < -0.3 is 10.2 Å². The molecular formula is C11H15ClN2. The van der Waals surface area contributed by atoms with Gasteiger partial charge in [-0.3, -0.25) is 0 Å². The maximum atomic E-state index is 5.83. The van der Waals surface area contributed by atoms with Crippen molar-refractivity contribution in [1.29, 1.82) is 0 Å². The summed E-state index contributed by atoms with van der Waals surface area (Å²) in [6.45, 7) is 2.24. The van der Waals surface area contributed by atoms with E-state index in [2.05, 4.69) is 29.4 Å². The van der Waals surface area contributed by atoms with Gasteiger partial charge in [0.15, 0.2) is 0 Å². The standard InChI is InChI=1S/C11H15ClN2/c1-14(8-10-6-7-13-10)11-4-2-9(12)3-5-11/h2-5,10,13H,6-8H2,1H3/t10-/m0/s1. The van der Waals surface area contributed by atoms with Crippen LogP contribution in [0.15, 0.2) is 24.3 Å². The van der Waals surface area contributed by atoms with Crippen molar-refractivity contribution >= 4 is 17.3 Å². The second-order valence-corrected chi connectivity index (χ2v) is 4.23. The first kappa shape index (κ1) is 9.81. The topological polar surface area (TPSA) is 15.3 Å². The van der Waals surface area contributed by atoms with Crippen molar-refractivity contribution in [3.8, 4) is 0 Å². The Hall–Kier alpha value is -0.730. The third-order valence-electron chi connectivity index (χ3n) is 2.69. The number of nitrogens with zero attached hydrogens (tertiary/aromatic N) is 1. The molecule has 0 saturated carbocycles. The van der Waals surface area contributed by atoms with Gasteiger partial charge in [-0.05, 0) is 37.2 Å². The van der Waals surface area contributed by atoms with Crippen molar-refractivity contribution < 1.29 is 0 Å². The van der Waals surface area contributed by atoms with Crippen molar-refractivity contribution in [3.05, 3.63) is 29.3 Å². The lowest BCUT2D eigenvalue weighted by Crippen LogP contribution is -2.49. The molecule has 1 saturated heterocycles. The van der Waals surface area contributed by atoms with E-state index >= 15 is 0 Å². The molecule has 2 rings (SSSR count). The first-order valence-corrected chi connectivity index (χ1v) is 5.33. The maximum Gasteiger partial charge on any atom is 0.0407 e. The van der Waals surface area contributed by atoms with Crippen LogP contribution in [0.1, 0.15) is 6.42 Å². The summed E-state index contributed by atoms with van der Waals surface area (Å²) in [5.74, 6) is 0. The van der Waals surface area contributed by atoms with Crippen LogP contribution in [0, 0.1) is 0 Å². The SMILES string of the molecule is CN(C[C@@H]1CCN1)c1ccc(Cl)cc1. The van der Waals surface area contributed by atoms with Crippen LogP contribution in [0.3, 0.4) is 0 Å². The Balaban J connectivity index is 1.95. The van der Waals surface area contributed by atoms with Gasteiger partial charge in [0.2, 0.25) is 0 Å². The van der Waals surface area contributed by atoms with Crippen molar-refractivity contribution in [2.75, 3.05) is 25.0 Å². The maximum absolute atomic E-state index is 5.83. The van der Waals surface area contributed by atoms with Crippen molar-refractivity contribution in [3.63, 3.8) is 0 Å². The zero-order valence-electron chi connectivity index (χ0n) is 8.33. The predicted octanol–water partition coefficient (Wildman–Crippen LogP) is 2.14. The fourth-order valence-electron chi connectivity index (χ4n) is 1.64. The Kier molecular flexibility index (Phi) is 2.94. The summed E-state index contributed by atoms with van der Waals surface area (Å²) in [5, 5.41) is 4.19. The summed E-state index contributed by atoms with van der Waals surface area (Å²) in [6.07, 6.45) is 1.29. The van der Waals surface area contributed by atoms with Gasteiger partial charge in [0, 0.05) is 30.3 Å². The quantitative estimate of drug-likeness (QED) is 0.823. The number of rotatable bonds is 3. The van der Waals surface area contributed by atoms with Gasteiger partial charge in [-0.25, -0.2) is 0 Å². The molecule has 1 aliphatic rings. The summed E-state index contributed by atoms with van der Waals surface area (Å²) < 4.78 is 0. The lowest BCUT2D eigenvalue weighted by Gasteiger charge is -2.32. The van der Waals surface area contributed by atoms with Crippen molar-refractivity contribution in [2.45, 2.75) is 12.5 Å². The minimum Gasteiger partial charge on any atom is -0.373 e. The number of anilines is 1. The van der Waals surface area contributed by atoms with E-state index in [1.807, 2.05) is 12.1 Å². The van der Waals surface area contributed by atoms with E-state index in [4.69, 9.17) is 11.6 Å². The van der Waals surface area contributed by atoms with Crippen LogP contribution >= 0.6 is 11.6 Å². The molecule has 76 valence electrons. The molecule has 0 amide bonds. The third-order valence-corrected chi connectivity index (χ3v) is 2.94. The number of nitrogens with one attached hydrogen (secondary N) is 1. The number of halogens is 1. The summed E-state index contributed by atoms with van der Waals surface area (Å²) >= 11 is 5.83. The van der Waals surface area contributed by atoms with Crippen LogP contribution in [0.25, 0.3) is 0 Å². The van der Waals surface area contributed by atoms with Crippen molar-refractivity contribution in [1.82, 2.24) is 5.32 Å². The molecule has 1 aromatic carbocycles. The van der Waals surface area contributed by atoms with Crippen LogP contribution in [0.2, 0.25) is 5.02 Å². The fourth-order valence-corrected chi connectivity index (χ4v) is 1.76. The molecule has 0 unspecified atom stereocenters. The van der Waals surface area contributed by atoms with E-state index in [0.29, 0.717) is 6.04 Å². The Morgan fingerprint density at radius 1 is 1.43 bits per heavy atom. The molecular weight excluding hydrogens is 196 g/mol. The van der Waals surface area contributed by atoms with Gasteiger partial charge in [0.05, 0.1) is 0 Å². The predicted molar refractivity (Wildman–Crippen MR) is 61.1 cm³/mol. The largest absolute Gasteiger partial charge is 0.373 e. The molecule has 1 aliphatic heterocycles. The molecule has 0 spiro atoms.